The number of benzene rings is 2. The van der Waals surface area contributed by atoms with Crippen molar-refractivity contribution in [2.45, 2.75) is 64.2 Å². The zero-order valence-electron chi connectivity index (χ0n) is 34.2. The van der Waals surface area contributed by atoms with Crippen LogP contribution in [0.2, 0.25) is 0 Å². The van der Waals surface area contributed by atoms with Gasteiger partial charge in [-0.25, -0.2) is 9.78 Å². The molecule has 310 valence electrons. The highest BCUT2D eigenvalue weighted by Gasteiger charge is 2.39. The van der Waals surface area contributed by atoms with E-state index in [0.717, 1.165) is 86.8 Å². The first-order valence-corrected chi connectivity index (χ1v) is 21.2. The number of carbonyl (C=O) groups is 4. The minimum Gasteiger partial charge on any atom is -0.369 e. The Labute approximate surface area is 349 Å². The minimum atomic E-state index is -0.603. The number of anilines is 4. The molecular weight excluding hydrogens is 759 g/mol. The maximum Gasteiger partial charge on any atom is 0.322 e. The van der Waals surface area contributed by atoms with Crippen molar-refractivity contribution in [3.05, 3.63) is 83.7 Å². The molecule has 3 atom stereocenters. The predicted molar refractivity (Wildman–Crippen MR) is 229 cm³/mol. The van der Waals surface area contributed by atoms with E-state index in [1.54, 1.807) is 17.3 Å². The quantitative estimate of drug-likeness (QED) is 0.254. The van der Waals surface area contributed by atoms with Gasteiger partial charge in [0.25, 0.3) is 5.91 Å². The second-order valence-electron chi connectivity index (χ2n) is 16.9. The molecule has 1 unspecified atom stereocenters. The van der Waals surface area contributed by atoms with E-state index in [0.29, 0.717) is 54.3 Å². The van der Waals surface area contributed by atoms with Gasteiger partial charge < -0.3 is 29.8 Å². The third kappa shape index (κ3) is 7.67. The van der Waals surface area contributed by atoms with E-state index in [-0.39, 0.29) is 42.3 Å². The normalized spacial score (nSPS) is 22.9. The molecule has 5 aliphatic rings. The smallest absolute Gasteiger partial charge is 0.322 e. The summed E-state index contributed by atoms with van der Waals surface area (Å²) in [5.74, 6) is 0.741. The SMILES string of the molecule is C[C@@H]1CN(c2ccc(C#N)c3ncccc23)[C@@H](C)CN1C(=O)Nc1ccc(N2CCC(CN3CCN(c4ccc5c(c4)CN(C4CCC(=O)NC4=O)C5=O)CC3)CC2)nc1. The molecule has 5 amide bonds. The molecule has 5 aliphatic heterocycles. The summed E-state index contributed by atoms with van der Waals surface area (Å²) >= 11 is 0. The minimum absolute atomic E-state index is 0.0413. The molecule has 60 heavy (non-hydrogen) atoms. The maximum absolute atomic E-state index is 13.5. The molecule has 2 aromatic heterocycles. The number of pyridine rings is 2. The van der Waals surface area contributed by atoms with Gasteiger partial charge in [0.05, 0.1) is 23.0 Å². The van der Waals surface area contributed by atoms with Crippen molar-refractivity contribution in [2.24, 2.45) is 5.92 Å². The summed E-state index contributed by atoms with van der Waals surface area (Å²) < 4.78 is 0. The standard InChI is InChI=1S/C45H51N11O4/c1-29-26-55(30(2)25-54(29)38-9-5-32(23-46)42-37(38)4-3-15-47-42)45(60)49-34-6-11-40(48-24-34)53-16-13-31(14-17-53)27-51-18-20-52(21-19-51)35-7-8-36-33(22-35)28-56(44(36)59)39-10-12-41(57)50-43(39)58/h3-9,11,15,22,24,29-31,39H,10,12-14,16-21,25-28H2,1-2H3,(H,49,60)(H,50,57,58)/t29-,30+,39?/m0/s1. The highest BCUT2D eigenvalue weighted by atomic mass is 16.2. The van der Waals surface area contributed by atoms with Crippen molar-refractivity contribution >= 4 is 57.5 Å². The fraction of sp³-hybridized carbons (Fsp3) is 0.444. The highest BCUT2D eigenvalue weighted by Crippen LogP contribution is 2.34. The second-order valence-corrected chi connectivity index (χ2v) is 16.9. The van der Waals surface area contributed by atoms with Gasteiger partial charge in [0.15, 0.2) is 0 Å². The van der Waals surface area contributed by atoms with Crippen molar-refractivity contribution in [3.63, 3.8) is 0 Å². The van der Waals surface area contributed by atoms with Crippen LogP contribution >= 0.6 is 0 Å². The number of urea groups is 1. The lowest BCUT2D eigenvalue weighted by Crippen LogP contribution is -2.59. The number of piperidine rings is 2. The van der Waals surface area contributed by atoms with Gasteiger partial charge in [-0.15, -0.1) is 0 Å². The predicted octanol–water partition coefficient (Wildman–Crippen LogP) is 4.43. The van der Waals surface area contributed by atoms with Crippen LogP contribution in [-0.4, -0.2) is 125 Å². The monoisotopic (exact) mass is 809 g/mol. The van der Waals surface area contributed by atoms with Gasteiger partial charge in [-0.3, -0.25) is 29.6 Å². The number of nitrogens with one attached hydrogen (secondary N) is 2. The Hall–Kier alpha value is -6.27. The van der Waals surface area contributed by atoms with E-state index in [2.05, 4.69) is 61.2 Å². The van der Waals surface area contributed by atoms with Crippen LogP contribution in [0.15, 0.2) is 67.0 Å². The summed E-state index contributed by atoms with van der Waals surface area (Å²) in [7, 11) is 0. The lowest BCUT2D eigenvalue weighted by Gasteiger charge is -2.45. The molecule has 0 bridgehead atoms. The van der Waals surface area contributed by atoms with Crippen LogP contribution in [-0.2, 0) is 16.1 Å². The number of piperazine rings is 2. The molecule has 0 saturated carbocycles. The zero-order chi connectivity index (χ0) is 41.5. The summed E-state index contributed by atoms with van der Waals surface area (Å²) in [4.78, 5) is 73.1. The van der Waals surface area contributed by atoms with Gasteiger partial charge in [-0.2, -0.15) is 5.26 Å². The van der Waals surface area contributed by atoms with Gasteiger partial charge in [0, 0.05) is 112 Å². The van der Waals surface area contributed by atoms with E-state index in [1.807, 2.05) is 53.4 Å². The fourth-order valence-electron chi connectivity index (χ4n) is 9.74. The summed E-state index contributed by atoms with van der Waals surface area (Å²) in [5.41, 5.74) is 5.64. The molecule has 15 heteroatoms. The first kappa shape index (κ1) is 39.2. The molecule has 0 aliphatic carbocycles. The number of hydrogen-bond acceptors (Lipinski definition) is 11. The van der Waals surface area contributed by atoms with Crippen LogP contribution in [0.25, 0.3) is 10.9 Å². The largest absolute Gasteiger partial charge is 0.369 e. The van der Waals surface area contributed by atoms with E-state index >= 15 is 0 Å². The Balaban J connectivity index is 0.722. The number of hydrogen-bond donors (Lipinski definition) is 2. The van der Waals surface area contributed by atoms with Crippen LogP contribution in [0.3, 0.4) is 0 Å². The second kappa shape index (κ2) is 16.4. The van der Waals surface area contributed by atoms with Gasteiger partial charge in [-0.05, 0) is 99.2 Å². The molecule has 15 nitrogen and oxygen atoms in total. The Morgan fingerprint density at radius 2 is 1.70 bits per heavy atom. The van der Waals surface area contributed by atoms with Crippen LogP contribution in [0.1, 0.15) is 61.0 Å². The maximum atomic E-state index is 13.5. The Morgan fingerprint density at radius 1 is 0.883 bits per heavy atom. The molecular formula is C45H51N11O4. The van der Waals surface area contributed by atoms with Crippen LogP contribution in [0.4, 0.5) is 27.7 Å². The number of nitriles is 1. The van der Waals surface area contributed by atoms with Crippen LogP contribution in [0, 0.1) is 17.2 Å². The van der Waals surface area contributed by atoms with Gasteiger partial charge >= 0.3 is 6.03 Å². The zero-order valence-corrected chi connectivity index (χ0v) is 34.2. The van der Waals surface area contributed by atoms with Crippen molar-refractivity contribution < 1.29 is 19.2 Å². The molecule has 2 N–H and O–H groups in total. The molecule has 4 saturated heterocycles. The van der Waals surface area contributed by atoms with Crippen molar-refractivity contribution in [1.29, 1.82) is 5.26 Å². The third-order valence-electron chi connectivity index (χ3n) is 13.1. The lowest BCUT2D eigenvalue weighted by atomic mass is 9.96. The number of fused-ring (bicyclic) bond motifs is 2. The van der Waals surface area contributed by atoms with Crippen LogP contribution < -0.4 is 25.3 Å². The average molecular weight is 810 g/mol. The molecule has 4 aromatic rings. The van der Waals surface area contributed by atoms with Crippen molar-refractivity contribution in [2.75, 3.05) is 78.9 Å². The summed E-state index contributed by atoms with van der Waals surface area (Å²) in [6.07, 6.45) is 6.28. The van der Waals surface area contributed by atoms with Crippen molar-refractivity contribution in [3.8, 4) is 6.07 Å². The number of amides is 5. The Kier molecular flexibility index (Phi) is 10.7. The first-order chi connectivity index (χ1) is 29.1. The van der Waals surface area contributed by atoms with Gasteiger partial charge in [0.1, 0.15) is 17.9 Å². The van der Waals surface area contributed by atoms with E-state index in [9.17, 15) is 24.4 Å². The highest BCUT2D eigenvalue weighted by molar-refractivity contribution is 6.05. The number of rotatable bonds is 7. The first-order valence-electron chi connectivity index (χ1n) is 21.2. The average Bonchev–Trinajstić information content (AvgIpc) is 3.59. The topological polar surface area (TPSA) is 161 Å². The fourth-order valence-corrected chi connectivity index (χ4v) is 9.74. The summed E-state index contributed by atoms with van der Waals surface area (Å²) in [6, 6.07) is 19.2. The molecule has 4 fully saturated rings. The summed E-state index contributed by atoms with van der Waals surface area (Å²) in [5, 5.41) is 16.0. The lowest BCUT2D eigenvalue weighted by molar-refractivity contribution is -0.136. The molecule has 9 rings (SSSR count). The number of nitrogens with zero attached hydrogens (tertiary/aromatic N) is 9. The Morgan fingerprint density at radius 3 is 2.45 bits per heavy atom. The number of imide groups is 1. The van der Waals surface area contributed by atoms with Gasteiger partial charge in [0.2, 0.25) is 11.8 Å². The van der Waals surface area contributed by atoms with Gasteiger partial charge in [-0.1, -0.05) is 0 Å². The molecule has 0 spiro atoms. The van der Waals surface area contributed by atoms with E-state index in [4.69, 9.17) is 4.98 Å². The van der Waals surface area contributed by atoms with E-state index in [1.165, 1.54) is 0 Å². The number of carbonyl (C=O) groups excluding carboxylic acids is 4. The summed E-state index contributed by atoms with van der Waals surface area (Å²) in [6.45, 7) is 12.5. The molecule has 0 radical (unpaired) electrons. The third-order valence-corrected chi connectivity index (χ3v) is 13.1. The Bertz CT molecular complexity index is 2350. The number of aromatic nitrogens is 2. The van der Waals surface area contributed by atoms with Crippen molar-refractivity contribution in [1.82, 2.24) is 30.0 Å². The molecule has 2 aromatic carbocycles. The molecule has 7 heterocycles. The van der Waals surface area contributed by atoms with E-state index < -0.39 is 6.04 Å². The van der Waals surface area contributed by atoms with Crippen LogP contribution in [0.5, 0.6) is 0 Å².